The van der Waals surface area contributed by atoms with Crippen molar-refractivity contribution >= 4 is 11.9 Å². The van der Waals surface area contributed by atoms with Crippen LogP contribution in [-0.2, 0) is 23.8 Å². The van der Waals surface area contributed by atoms with E-state index in [1.54, 1.807) is 6.08 Å². The Morgan fingerprint density at radius 1 is 0.476 bits per heavy atom. The number of unbranched alkanes of at least 4 members (excludes halogenated alkanes) is 28. The van der Waals surface area contributed by atoms with Crippen LogP contribution in [0.15, 0.2) is 97.2 Å². The summed E-state index contributed by atoms with van der Waals surface area (Å²) in [5.74, 6) is -1.22. The van der Waals surface area contributed by atoms with Gasteiger partial charge in [-0.05, 0) is 109 Å². The van der Waals surface area contributed by atoms with Crippen molar-refractivity contribution in [3.8, 4) is 0 Å². The second-order valence-corrected chi connectivity index (χ2v) is 22.8. The number of aliphatic hydroxyl groups is 5. The van der Waals surface area contributed by atoms with Crippen molar-refractivity contribution in [3.63, 3.8) is 0 Å². The lowest BCUT2D eigenvalue weighted by Crippen LogP contribution is -2.61. The van der Waals surface area contributed by atoms with Crippen LogP contribution in [0.4, 0.5) is 0 Å². The normalized spacial score (nSPS) is 19.2. The molecule has 1 aliphatic rings. The van der Waals surface area contributed by atoms with Crippen LogP contribution in [0.1, 0.15) is 278 Å². The molecule has 6 N–H and O–H groups in total. The van der Waals surface area contributed by atoms with Gasteiger partial charge in [-0.15, -0.1) is 0 Å². The molecule has 1 fully saturated rings. The zero-order valence-corrected chi connectivity index (χ0v) is 52.3. The molecule has 1 aliphatic heterocycles. The summed E-state index contributed by atoms with van der Waals surface area (Å²) in [6.07, 6.45) is 67.2. The number of rotatable bonds is 56. The largest absolute Gasteiger partial charge is 0.454 e. The Balaban J connectivity index is 2.65. The van der Waals surface area contributed by atoms with E-state index in [9.17, 15) is 35.1 Å². The van der Waals surface area contributed by atoms with Crippen molar-refractivity contribution < 1.29 is 49.3 Å². The van der Waals surface area contributed by atoms with Crippen LogP contribution in [0, 0.1) is 0 Å². The number of nitrogens with one attached hydrogen (secondary N) is 1. The monoisotopic (exact) mass is 1150 g/mol. The predicted octanol–water partition coefficient (Wildman–Crippen LogP) is 16.7. The molecule has 8 unspecified atom stereocenters. The Labute approximate surface area is 501 Å². The number of hydrogen-bond donors (Lipinski definition) is 6. The van der Waals surface area contributed by atoms with Gasteiger partial charge in [0.1, 0.15) is 24.4 Å². The lowest BCUT2D eigenvalue weighted by Gasteiger charge is -2.41. The Hall–Kier alpha value is -3.42. The van der Waals surface area contributed by atoms with Gasteiger partial charge < -0.3 is 45.1 Å². The van der Waals surface area contributed by atoms with E-state index >= 15 is 0 Å². The number of aliphatic hydroxyl groups excluding tert-OH is 5. The Morgan fingerprint density at radius 2 is 0.841 bits per heavy atom. The van der Waals surface area contributed by atoms with Gasteiger partial charge >= 0.3 is 5.97 Å². The topological polar surface area (TPSA) is 175 Å². The summed E-state index contributed by atoms with van der Waals surface area (Å²) in [6, 6.07) is -1.04. The Kier molecular flexibility index (Phi) is 54.2. The van der Waals surface area contributed by atoms with Gasteiger partial charge in [-0.3, -0.25) is 9.59 Å². The highest BCUT2D eigenvalue weighted by molar-refractivity contribution is 5.80. The number of amides is 1. The molecule has 0 spiro atoms. The zero-order chi connectivity index (χ0) is 59.6. The molecular weight excluding hydrogens is 1030 g/mol. The van der Waals surface area contributed by atoms with Gasteiger partial charge in [-0.25, -0.2) is 0 Å². The van der Waals surface area contributed by atoms with Crippen LogP contribution in [0.25, 0.3) is 0 Å². The molecular formula is C71H123NO10. The molecule has 1 heterocycles. The van der Waals surface area contributed by atoms with Crippen LogP contribution in [0.5, 0.6) is 0 Å². The van der Waals surface area contributed by atoms with Gasteiger partial charge in [0.05, 0.1) is 25.4 Å². The number of allylic oxidation sites excluding steroid dienone is 15. The fourth-order valence-electron chi connectivity index (χ4n) is 9.88. The van der Waals surface area contributed by atoms with Crippen molar-refractivity contribution in [1.82, 2.24) is 5.32 Å². The second kappa shape index (κ2) is 58.0. The maximum Gasteiger partial charge on any atom is 0.306 e. The Bertz CT molecular complexity index is 1700. The van der Waals surface area contributed by atoms with E-state index in [4.69, 9.17) is 14.2 Å². The van der Waals surface area contributed by atoms with Crippen LogP contribution in [-0.4, -0.2) is 99.6 Å². The number of esters is 1. The summed E-state index contributed by atoms with van der Waals surface area (Å²) >= 11 is 0. The summed E-state index contributed by atoms with van der Waals surface area (Å²) < 4.78 is 17.6. The van der Waals surface area contributed by atoms with Crippen molar-refractivity contribution in [1.29, 1.82) is 0 Å². The van der Waals surface area contributed by atoms with Gasteiger partial charge in [0, 0.05) is 6.42 Å². The van der Waals surface area contributed by atoms with Gasteiger partial charge in [-0.2, -0.15) is 0 Å². The molecule has 0 aliphatic carbocycles. The zero-order valence-electron chi connectivity index (χ0n) is 52.3. The first-order valence-electron chi connectivity index (χ1n) is 33.5. The van der Waals surface area contributed by atoms with Crippen LogP contribution < -0.4 is 5.32 Å². The number of carbonyl (C=O) groups excluding carboxylic acids is 2. The molecule has 11 heteroatoms. The van der Waals surface area contributed by atoms with Gasteiger partial charge in [0.25, 0.3) is 0 Å². The van der Waals surface area contributed by atoms with Gasteiger partial charge in [0.2, 0.25) is 5.91 Å². The van der Waals surface area contributed by atoms with Crippen LogP contribution in [0.3, 0.4) is 0 Å². The predicted molar refractivity (Wildman–Crippen MR) is 342 cm³/mol. The van der Waals surface area contributed by atoms with Gasteiger partial charge in [0.15, 0.2) is 12.4 Å². The third-order valence-electron chi connectivity index (χ3n) is 15.2. The van der Waals surface area contributed by atoms with E-state index < -0.39 is 67.4 Å². The molecule has 8 atom stereocenters. The van der Waals surface area contributed by atoms with Crippen molar-refractivity contribution in [3.05, 3.63) is 97.2 Å². The minimum atomic E-state index is -1.63. The van der Waals surface area contributed by atoms with Crippen LogP contribution in [0.2, 0.25) is 0 Å². The highest BCUT2D eigenvalue weighted by Crippen LogP contribution is 2.26. The summed E-state index contributed by atoms with van der Waals surface area (Å²) in [7, 11) is 0. The highest BCUT2D eigenvalue weighted by Gasteiger charge is 2.47. The molecule has 0 radical (unpaired) electrons. The summed E-state index contributed by atoms with van der Waals surface area (Å²) in [6.45, 7) is 5.73. The molecule has 0 saturated carbocycles. The Morgan fingerprint density at radius 3 is 1.28 bits per heavy atom. The molecule has 0 bridgehead atoms. The molecule has 1 saturated heterocycles. The summed E-state index contributed by atoms with van der Waals surface area (Å²) in [5, 5.41) is 57.1. The first-order valence-corrected chi connectivity index (χ1v) is 33.5. The van der Waals surface area contributed by atoms with E-state index in [-0.39, 0.29) is 19.4 Å². The summed E-state index contributed by atoms with van der Waals surface area (Å²) in [5.41, 5.74) is 0. The SMILES string of the molecule is CCCCC/C=C\C/C=C\C/C=C\C/C=C\CCCCCCCCCC(=O)OC1C(OCC(NC(=O)C(O)CCCCCCC/C=C\C/C=C\C/C=C\CCCCC)C(O)/C=C/CCCCCCCCCCCC)OC(CO)C(O)C1O. The maximum atomic E-state index is 13.4. The molecule has 1 amide bonds. The highest BCUT2D eigenvalue weighted by atomic mass is 16.7. The fraction of sp³-hybridized carbons (Fsp3) is 0.746. The molecule has 472 valence electrons. The fourth-order valence-corrected chi connectivity index (χ4v) is 9.88. The van der Waals surface area contributed by atoms with Gasteiger partial charge in [-0.1, -0.05) is 259 Å². The first kappa shape index (κ1) is 76.6. The lowest BCUT2D eigenvalue weighted by molar-refractivity contribution is -0.305. The van der Waals surface area contributed by atoms with E-state index in [0.29, 0.717) is 12.8 Å². The second-order valence-electron chi connectivity index (χ2n) is 22.8. The van der Waals surface area contributed by atoms with E-state index in [0.717, 1.165) is 128 Å². The third-order valence-corrected chi connectivity index (χ3v) is 15.2. The standard InChI is InChI=1S/C71H123NO10/c1-4-7-10-13-16-19-22-25-27-29-31-32-33-34-35-37-39-41-44-47-50-53-56-59-66(76)82-69-68(78)67(77)65(60-73)81-71(69)80-61-62(63(74)57-54-51-48-45-42-24-21-18-15-12-9-6-3)72-70(79)64(75)58-55-52-49-46-43-40-38-36-30-28-26-23-20-17-14-11-8-5-2/h16-17,19-20,25-28,31-32,34-36,38,54,57,62-65,67-69,71,73-75,77-78H,4-15,18,21-24,29-30,33,37,39-53,55-56,58-61H2,1-3H3,(H,72,79)/b19-16-,20-17-,27-25-,28-26-,32-31-,35-34-,38-36-,57-54+. The van der Waals surface area contributed by atoms with E-state index in [1.165, 1.54) is 103 Å². The lowest BCUT2D eigenvalue weighted by atomic mass is 9.99. The quantitative estimate of drug-likeness (QED) is 0.0195. The first-order chi connectivity index (χ1) is 40.2. The maximum absolute atomic E-state index is 13.4. The smallest absolute Gasteiger partial charge is 0.306 e. The van der Waals surface area contributed by atoms with E-state index in [1.807, 2.05) is 6.08 Å². The average Bonchev–Trinajstić information content (AvgIpc) is 3.44. The molecule has 0 aromatic heterocycles. The average molecular weight is 1150 g/mol. The van der Waals surface area contributed by atoms with E-state index in [2.05, 4.69) is 111 Å². The van der Waals surface area contributed by atoms with Crippen LogP contribution >= 0.6 is 0 Å². The minimum absolute atomic E-state index is 0.105. The number of hydrogen-bond acceptors (Lipinski definition) is 10. The van der Waals surface area contributed by atoms with Crippen molar-refractivity contribution in [2.75, 3.05) is 13.2 Å². The number of ether oxygens (including phenoxy) is 3. The molecule has 1 rings (SSSR count). The molecule has 0 aromatic carbocycles. The third kappa shape index (κ3) is 45.0. The minimum Gasteiger partial charge on any atom is -0.454 e. The molecule has 82 heavy (non-hydrogen) atoms. The molecule has 11 nitrogen and oxygen atoms in total. The number of carbonyl (C=O) groups is 2. The van der Waals surface area contributed by atoms with Crippen molar-refractivity contribution in [2.24, 2.45) is 0 Å². The van der Waals surface area contributed by atoms with Crippen molar-refractivity contribution in [2.45, 2.75) is 327 Å². The summed E-state index contributed by atoms with van der Waals surface area (Å²) in [4.78, 5) is 26.6. The molecule has 0 aromatic rings.